The van der Waals surface area contributed by atoms with Gasteiger partial charge >= 0.3 is 0 Å². The van der Waals surface area contributed by atoms with E-state index in [0.717, 1.165) is 0 Å². The minimum absolute atomic E-state index is 0.0270. The minimum atomic E-state index is -0.0270. The largest absolute Gasteiger partial charge is 0.135 e. The van der Waals surface area contributed by atoms with Gasteiger partial charge in [0.15, 0.2) is 0 Å². The average molecular weight is 619 g/mol. The monoisotopic (exact) mass is 618 g/mol. The Kier molecular flexibility index (Phi) is 6.52. The fraction of sp³-hybridized carbons (Fsp3) is 0.0870. The first kappa shape index (κ1) is 28.0. The number of fused-ring (bicyclic) bond motifs is 6. The Balaban J connectivity index is 1.31. The van der Waals surface area contributed by atoms with Gasteiger partial charge < -0.3 is 0 Å². The molecule has 1 heteroatoms. The minimum Gasteiger partial charge on any atom is -0.135 e. The van der Waals surface area contributed by atoms with Crippen LogP contribution in [0.4, 0.5) is 0 Å². The van der Waals surface area contributed by atoms with Crippen molar-refractivity contribution in [3.63, 3.8) is 0 Å². The van der Waals surface area contributed by atoms with Crippen molar-refractivity contribution >= 4 is 31.5 Å². The van der Waals surface area contributed by atoms with Crippen LogP contribution in [-0.2, 0) is 5.41 Å². The normalized spacial score (nSPS) is 13.8. The zero-order valence-corrected chi connectivity index (χ0v) is 27.4. The van der Waals surface area contributed by atoms with Gasteiger partial charge in [0.05, 0.1) is 0 Å². The summed E-state index contributed by atoms with van der Waals surface area (Å²) < 4.78 is 2.66. The summed E-state index contributed by atoms with van der Waals surface area (Å²) in [4.78, 5) is 0. The molecule has 0 saturated heterocycles. The molecule has 0 N–H and O–H groups in total. The Morgan fingerprint density at radius 3 is 1.98 bits per heavy atom. The first-order valence-corrected chi connectivity index (χ1v) is 17.3. The fourth-order valence-electron chi connectivity index (χ4n) is 7.99. The molecule has 0 saturated carbocycles. The molecule has 1 heterocycles. The van der Waals surface area contributed by atoms with E-state index in [4.69, 9.17) is 0 Å². The maximum Gasteiger partial charge on any atom is 0.0361 e. The number of benzene rings is 7. The third-order valence-electron chi connectivity index (χ3n) is 10.2. The van der Waals surface area contributed by atoms with Gasteiger partial charge in [0.2, 0.25) is 0 Å². The molecule has 0 radical (unpaired) electrons. The van der Waals surface area contributed by atoms with Crippen molar-refractivity contribution in [2.24, 2.45) is 0 Å². The highest BCUT2D eigenvalue weighted by atomic mass is 32.1. The van der Waals surface area contributed by atoms with Gasteiger partial charge in [-0.15, -0.1) is 11.3 Å². The summed E-state index contributed by atoms with van der Waals surface area (Å²) in [6, 6.07) is 60.9. The zero-order valence-electron chi connectivity index (χ0n) is 26.6. The lowest BCUT2D eigenvalue weighted by molar-refractivity contribution is 0.660. The van der Waals surface area contributed by atoms with E-state index < -0.39 is 0 Å². The molecule has 0 nitrogen and oxygen atoms in total. The molecule has 224 valence electrons. The molecule has 0 aliphatic heterocycles. The van der Waals surface area contributed by atoms with Crippen LogP contribution in [0.1, 0.15) is 47.6 Å². The van der Waals surface area contributed by atoms with Crippen molar-refractivity contribution in [3.05, 3.63) is 192 Å². The summed E-state index contributed by atoms with van der Waals surface area (Å²) in [6.07, 6.45) is 0. The highest BCUT2D eigenvalue weighted by Crippen LogP contribution is 2.51. The number of rotatable bonds is 5. The third-order valence-corrected chi connectivity index (χ3v) is 11.4. The summed E-state index contributed by atoms with van der Waals surface area (Å²) in [5, 5.41) is 2.68. The molecule has 1 atom stereocenters. The van der Waals surface area contributed by atoms with Gasteiger partial charge in [-0.1, -0.05) is 159 Å². The maximum absolute atomic E-state index is 2.49. The Labute approximate surface area is 280 Å². The molecule has 0 amide bonds. The van der Waals surface area contributed by atoms with E-state index >= 15 is 0 Å². The molecule has 0 spiro atoms. The van der Waals surface area contributed by atoms with Crippen molar-refractivity contribution in [1.29, 1.82) is 0 Å². The van der Waals surface area contributed by atoms with E-state index in [1.54, 1.807) is 0 Å². The second kappa shape index (κ2) is 10.9. The van der Waals surface area contributed by atoms with Crippen LogP contribution in [-0.4, -0.2) is 0 Å². The molecule has 0 fully saturated rings. The van der Waals surface area contributed by atoms with Gasteiger partial charge in [-0.25, -0.2) is 0 Å². The predicted octanol–water partition coefficient (Wildman–Crippen LogP) is 12.9. The van der Waals surface area contributed by atoms with Gasteiger partial charge in [-0.05, 0) is 79.4 Å². The second-order valence-electron chi connectivity index (χ2n) is 13.3. The highest BCUT2D eigenvalue weighted by Gasteiger charge is 2.36. The molecule has 1 unspecified atom stereocenters. The highest BCUT2D eigenvalue weighted by molar-refractivity contribution is 7.25. The van der Waals surface area contributed by atoms with E-state index in [-0.39, 0.29) is 11.3 Å². The maximum atomic E-state index is 2.49. The van der Waals surface area contributed by atoms with Crippen LogP contribution in [0.5, 0.6) is 0 Å². The van der Waals surface area contributed by atoms with Crippen LogP contribution in [0.25, 0.3) is 53.6 Å². The van der Waals surface area contributed by atoms with E-state index in [9.17, 15) is 0 Å². The molecular formula is C46H34S. The lowest BCUT2D eigenvalue weighted by Crippen LogP contribution is -2.15. The van der Waals surface area contributed by atoms with Crippen molar-refractivity contribution in [1.82, 2.24) is 0 Å². The Morgan fingerprint density at radius 2 is 1.09 bits per heavy atom. The lowest BCUT2D eigenvalue weighted by atomic mass is 9.78. The van der Waals surface area contributed by atoms with Gasteiger partial charge in [0, 0.05) is 31.5 Å². The summed E-state index contributed by atoms with van der Waals surface area (Å²) in [6.45, 7) is 4.72. The Bertz CT molecular complexity index is 2440. The molecule has 7 aromatic carbocycles. The summed E-state index contributed by atoms with van der Waals surface area (Å²) in [5.41, 5.74) is 14.5. The molecular weight excluding hydrogens is 585 g/mol. The number of hydrogen-bond acceptors (Lipinski definition) is 1. The third kappa shape index (κ3) is 4.49. The molecule has 8 aromatic rings. The van der Waals surface area contributed by atoms with Crippen LogP contribution >= 0.6 is 11.3 Å². The van der Waals surface area contributed by atoms with E-state index in [1.165, 1.54) is 81.4 Å². The fourth-order valence-corrected chi connectivity index (χ4v) is 9.12. The van der Waals surface area contributed by atoms with Crippen LogP contribution in [0, 0.1) is 0 Å². The number of hydrogen-bond donors (Lipinski definition) is 0. The Hall–Kier alpha value is -5.24. The Morgan fingerprint density at radius 1 is 0.447 bits per heavy atom. The standard InChI is InChI=1S/C46H34S/c1-46(2)40-23-10-8-19-35(40)39-29-33(26-27-41(39)46)44(32-17-12-16-31(28-32)30-14-4-3-5-15-30)36-20-7-6-18-34(36)37-22-13-25-43-45(37)38-21-9-11-24-42(38)47-43/h3-29,44H,1-2H3. The summed E-state index contributed by atoms with van der Waals surface area (Å²) >= 11 is 1.88. The van der Waals surface area contributed by atoms with Crippen LogP contribution < -0.4 is 0 Å². The lowest BCUT2D eigenvalue weighted by Gasteiger charge is -2.25. The topological polar surface area (TPSA) is 0 Å². The zero-order chi connectivity index (χ0) is 31.5. The quantitative estimate of drug-likeness (QED) is 0.168. The molecule has 1 aliphatic carbocycles. The van der Waals surface area contributed by atoms with E-state index in [0.29, 0.717) is 0 Å². The van der Waals surface area contributed by atoms with Crippen molar-refractivity contribution in [3.8, 4) is 33.4 Å². The van der Waals surface area contributed by atoms with Crippen LogP contribution in [0.3, 0.4) is 0 Å². The predicted molar refractivity (Wildman–Crippen MR) is 202 cm³/mol. The van der Waals surface area contributed by atoms with Gasteiger partial charge in [0.25, 0.3) is 0 Å². The molecule has 0 bridgehead atoms. The first-order chi connectivity index (χ1) is 23.1. The first-order valence-electron chi connectivity index (χ1n) is 16.5. The number of thiophene rings is 1. The smallest absolute Gasteiger partial charge is 0.0361 e. The molecule has 1 aromatic heterocycles. The van der Waals surface area contributed by atoms with Crippen molar-refractivity contribution < 1.29 is 0 Å². The van der Waals surface area contributed by atoms with Crippen molar-refractivity contribution in [2.45, 2.75) is 25.2 Å². The molecule has 1 aliphatic rings. The van der Waals surface area contributed by atoms with E-state index in [1.807, 2.05) is 11.3 Å². The van der Waals surface area contributed by atoms with Gasteiger partial charge in [-0.2, -0.15) is 0 Å². The molecule has 47 heavy (non-hydrogen) atoms. The van der Waals surface area contributed by atoms with Crippen LogP contribution in [0.2, 0.25) is 0 Å². The van der Waals surface area contributed by atoms with Crippen LogP contribution in [0.15, 0.2) is 164 Å². The summed E-state index contributed by atoms with van der Waals surface area (Å²) in [7, 11) is 0. The van der Waals surface area contributed by atoms with E-state index in [2.05, 4.69) is 178 Å². The SMILES string of the molecule is CC1(C)c2ccccc2-c2cc(C(c3cccc(-c4ccccc4)c3)c3ccccc3-c3cccc4sc5ccccc5c34)ccc21. The van der Waals surface area contributed by atoms with Crippen molar-refractivity contribution in [2.75, 3.05) is 0 Å². The second-order valence-corrected chi connectivity index (χ2v) is 14.3. The van der Waals surface area contributed by atoms with Gasteiger partial charge in [-0.3, -0.25) is 0 Å². The summed E-state index contributed by atoms with van der Waals surface area (Å²) in [5.74, 6) is 0.0381. The van der Waals surface area contributed by atoms with Gasteiger partial charge in [0.1, 0.15) is 0 Å². The molecule has 9 rings (SSSR count). The average Bonchev–Trinajstić information content (AvgIpc) is 3.61.